The maximum atomic E-state index is 4.63. The normalized spacial score (nSPS) is 11.0. The first-order valence-electron chi connectivity index (χ1n) is 8.13. The van der Waals surface area contributed by atoms with Crippen LogP contribution in [0.1, 0.15) is 22.6 Å². The lowest BCUT2D eigenvalue weighted by Crippen LogP contribution is -2.01. The first-order valence-corrected chi connectivity index (χ1v) is 8.13. The molecule has 0 unspecified atom stereocenters. The van der Waals surface area contributed by atoms with Gasteiger partial charge in [-0.1, -0.05) is 12.1 Å². The molecule has 1 aromatic carbocycles. The largest absolute Gasteiger partial charge is 0.275 e. The topological polar surface area (TPSA) is 72.3 Å². The third kappa shape index (κ3) is 3.19. The van der Waals surface area contributed by atoms with Crippen molar-refractivity contribution in [3.8, 4) is 17.2 Å². The van der Waals surface area contributed by atoms with E-state index in [1.54, 1.807) is 12.4 Å². The maximum Gasteiger partial charge on any atom is 0.177 e. The molecule has 0 aliphatic rings. The lowest BCUT2D eigenvalue weighted by Gasteiger charge is -2.08. The molecule has 25 heavy (non-hydrogen) atoms. The van der Waals surface area contributed by atoms with Gasteiger partial charge in [0, 0.05) is 30.2 Å². The minimum atomic E-state index is 0.657. The quantitative estimate of drug-likeness (QED) is 0.623. The van der Waals surface area contributed by atoms with Crippen molar-refractivity contribution >= 4 is 0 Å². The van der Waals surface area contributed by atoms with Crippen molar-refractivity contribution in [2.75, 3.05) is 0 Å². The number of nitrogens with zero attached hydrogens (tertiary/aromatic N) is 5. The molecule has 0 saturated carbocycles. The number of H-pyrrole nitrogens is 1. The standard InChI is InChI=1S/C19H18N6/c1-13-10-14(2)25(24-13)17-5-3-4-15(12-17)11-16-6-8-20-19(22-16)18-7-9-21-23-18/h3-10,12H,11H2,1-2H3,(H,21,23). The van der Waals surface area contributed by atoms with Gasteiger partial charge in [0.05, 0.1) is 11.4 Å². The third-order valence-electron chi connectivity index (χ3n) is 4.00. The zero-order chi connectivity index (χ0) is 17.2. The summed E-state index contributed by atoms with van der Waals surface area (Å²) in [5, 5.41) is 11.4. The molecule has 0 atom stereocenters. The van der Waals surface area contributed by atoms with Gasteiger partial charge in [-0.15, -0.1) is 0 Å². The summed E-state index contributed by atoms with van der Waals surface area (Å²) in [5.74, 6) is 0.657. The van der Waals surface area contributed by atoms with Crippen molar-refractivity contribution in [1.29, 1.82) is 0 Å². The molecule has 0 spiro atoms. The molecule has 4 aromatic rings. The molecular weight excluding hydrogens is 312 g/mol. The fourth-order valence-corrected chi connectivity index (χ4v) is 2.90. The van der Waals surface area contributed by atoms with Crippen LogP contribution in [0.3, 0.4) is 0 Å². The summed E-state index contributed by atoms with van der Waals surface area (Å²) in [5.41, 5.74) is 6.16. The van der Waals surface area contributed by atoms with Crippen molar-refractivity contribution in [3.05, 3.63) is 77.5 Å². The van der Waals surface area contributed by atoms with Gasteiger partial charge in [-0.3, -0.25) is 5.10 Å². The second kappa shape index (κ2) is 6.32. The van der Waals surface area contributed by atoms with Crippen LogP contribution in [-0.2, 0) is 6.42 Å². The minimum absolute atomic E-state index is 0.657. The van der Waals surface area contributed by atoms with E-state index in [-0.39, 0.29) is 0 Å². The van der Waals surface area contributed by atoms with Crippen LogP contribution in [0.15, 0.2) is 54.9 Å². The SMILES string of the molecule is Cc1cc(C)n(-c2cccc(Cc3ccnc(-c4ccn[nH]4)n3)c2)n1. The molecule has 3 aromatic heterocycles. The fourth-order valence-electron chi connectivity index (χ4n) is 2.90. The first kappa shape index (κ1) is 15.3. The molecule has 0 fully saturated rings. The van der Waals surface area contributed by atoms with E-state index in [1.807, 2.05) is 23.7 Å². The van der Waals surface area contributed by atoms with Gasteiger partial charge in [0.2, 0.25) is 0 Å². The van der Waals surface area contributed by atoms with Gasteiger partial charge in [-0.25, -0.2) is 14.6 Å². The van der Waals surface area contributed by atoms with Crippen molar-refractivity contribution in [2.24, 2.45) is 0 Å². The molecule has 6 nitrogen and oxygen atoms in total. The van der Waals surface area contributed by atoms with Gasteiger partial charge in [0.15, 0.2) is 5.82 Å². The Hall–Kier alpha value is -3.28. The Morgan fingerprint density at radius 3 is 2.72 bits per heavy atom. The van der Waals surface area contributed by atoms with Gasteiger partial charge < -0.3 is 0 Å². The molecule has 0 saturated heterocycles. The van der Waals surface area contributed by atoms with E-state index in [9.17, 15) is 0 Å². The van der Waals surface area contributed by atoms with Crippen molar-refractivity contribution < 1.29 is 0 Å². The van der Waals surface area contributed by atoms with Crippen LogP contribution >= 0.6 is 0 Å². The summed E-state index contributed by atoms with van der Waals surface area (Å²) in [6.45, 7) is 4.07. The number of aryl methyl sites for hydroxylation is 2. The molecule has 0 aliphatic carbocycles. The molecule has 4 rings (SSSR count). The molecule has 1 N–H and O–H groups in total. The molecule has 3 heterocycles. The van der Waals surface area contributed by atoms with Crippen LogP contribution in [0.25, 0.3) is 17.2 Å². The lowest BCUT2D eigenvalue weighted by atomic mass is 10.1. The van der Waals surface area contributed by atoms with E-state index in [2.05, 4.69) is 62.5 Å². The molecule has 0 amide bonds. The fraction of sp³-hybridized carbons (Fsp3) is 0.158. The summed E-state index contributed by atoms with van der Waals surface area (Å²) in [6, 6.07) is 14.3. The summed E-state index contributed by atoms with van der Waals surface area (Å²) in [7, 11) is 0. The number of benzene rings is 1. The highest BCUT2D eigenvalue weighted by Gasteiger charge is 2.07. The van der Waals surface area contributed by atoms with Gasteiger partial charge in [0.1, 0.15) is 5.69 Å². The number of nitrogens with one attached hydrogen (secondary N) is 1. The van der Waals surface area contributed by atoms with E-state index >= 15 is 0 Å². The number of aromatic amines is 1. The molecule has 6 heteroatoms. The Morgan fingerprint density at radius 1 is 1.04 bits per heavy atom. The smallest absolute Gasteiger partial charge is 0.177 e. The summed E-state index contributed by atoms with van der Waals surface area (Å²) in [4.78, 5) is 8.94. The predicted octanol–water partition coefficient (Wildman–Crippen LogP) is 3.26. The summed E-state index contributed by atoms with van der Waals surface area (Å²) >= 11 is 0. The second-order valence-corrected chi connectivity index (χ2v) is 6.03. The number of rotatable bonds is 4. The van der Waals surface area contributed by atoms with Crippen LogP contribution in [-0.4, -0.2) is 29.9 Å². The highest BCUT2D eigenvalue weighted by atomic mass is 15.3. The average molecular weight is 330 g/mol. The van der Waals surface area contributed by atoms with Gasteiger partial charge in [-0.05, 0) is 49.7 Å². The Morgan fingerprint density at radius 2 is 1.96 bits per heavy atom. The second-order valence-electron chi connectivity index (χ2n) is 6.03. The Labute approximate surface area is 145 Å². The monoisotopic (exact) mass is 330 g/mol. The highest BCUT2D eigenvalue weighted by Crippen LogP contribution is 2.17. The van der Waals surface area contributed by atoms with Crippen LogP contribution < -0.4 is 0 Å². The highest BCUT2D eigenvalue weighted by molar-refractivity contribution is 5.48. The minimum Gasteiger partial charge on any atom is -0.275 e. The van der Waals surface area contributed by atoms with E-state index in [0.717, 1.165) is 34.9 Å². The lowest BCUT2D eigenvalue weighted by molar-refractivity contribution is 0.831. The van der Waals surface area contributed by atoms with Crippen LogP contribution in [0, 0.1) is 13.8 Å². The maximum absolute atomic E-state index is 4.63. The van der Waals surface area contributed by atoms with Crippen molar-refractivity contribution in [2.45, 2.75) is 20.3 Å². The van der Waals surface area contributed by atoms with E-state index < -0.39 is 0 Å². The number of hydrogen-bond donors (Lipinski definition) is 1. The van der Waals surface area contributed by atoms with E-state index in [0.29, 0.717) is 5.82 Å². The van der Waals surface area contributed by atoms with Crippen LogP contribution in [0.2, 0.25) is 0 Å². The predicted molar refractivity (Wildman–Crippen MR) is 95.5 cm³/mol. The summed E-state index contributed by atoms with van der Waals surface area (Å²) < 4.78 is 1.97. The zero-order valence-electron chi connectivity index (χ0n) is 14.1. The van der Waals surface area contributed by atoms with Gasteiger partial charge >= 0.3 is 0 Å². The average Bonchev–Trinajstić information content (AvgIpc) is 3.25. The summed E-state index contributed by atoms with van der Waals surface area (Å²) in [6.07, 6.45) is 4.21. The Bertz CT molecular complexity index is 1000. The third-order valence-corrected chi connectivity index (χ3v) is 4.00. The molecule has 0 bridgehead atoms. The van der Waals surface area contributed by atoms with Crippen LogP contribution in [0.5, 0.6) is 0 Å². The van der Waals surface area contributed by atoms with Gasteiger partial charge in [-0.2, -0.15) is 10.2 Å². The Kier molecular flexibility index (Phi) is 3.85. The zero-order valence-corrected chi connectivity index (χ0v) is 14.1. The molecular formula is C19H18N6. The Balaban J connectivity index is 1.62. The number of aromatic nitrogens is 6. The number of hydrogen-bond acceptors (Lipinski definition) is 4. The molecule has 124 valence electrons. The van der Waals surface area contributed by atoms with Gasteiger partial charge in [0.25, 0.3) is 0 Å². The molecule has 0 aliphatic heterocycles. The van der Waals surface area contributed by atoms with Crippen LogP contribution in [0.4, 0.5) is 0 Å². The molecule has 0 radical (unpaired) electrons. The van der Waals surface area contributed by atoms with Crippen molar-refractivity contribution in [1.82, 2.24) is 29.9 Å². The van der Waals surface area contributed by atoms with E-state index in [1.165, 1.54) is 5.56 Å². The first-order chi connectivity index (χ1) is 12.2. The van der Waals surface area contributed by atoms with E-state index in [4.69, 9.17) is 0 Å². The van der Waals surface area contributed by atoms with Crippen molar-refractivity contribution in [3.63, 3.8) is 0 Å².